The summed E-state index contributed by atoms with van der Waals surface area (Å²) in [5, 5.41) is 12.9. The number of carboxylic acids is 1. The Labute approximate surface area is 70.3 Å². The van der Waals surface area contributed by atoms with Gasteiger partial charge in [-0.3, -0.25) is 9.80 Å². The highest BCUT2D eigenvalue weighted by molar-refractivity contribution is 5.75. The summed E-state index contributed by atoms with van der Waals surface area (Å²) in [5.41, 5.74) is -0.825. The molecule has 0 aromatic rings. The maximum absolute atomic E-state index is 10.8. The molecule has 1 rings (SSSR count). The molecule has 12 heavy (non-hydrogen) atoms. The third kappa shape index (κ3) is 1.15. The van der Waals surface area contributed by atoms with Crippen LogP contribution in [0.2, 0.25) is 0 Å². The maximum atomic E-state index is 10.8. The molecule has 1 N–H and O–H groups in total. The van der Waals surface area contributed by atoms with Crippen LogP contribution in [0.3, 0.4) is 0 Å². The lowest BCUT2D eigenvalue weighted by Gasteiger charge is -2.21. The fourth-order valence-electron chi connectivity index (χ4n) is 1.46. The van der Waals surface area contributed by atoms with Gasteiger partial charge in [-0.05, 0) is 12.8 Å². The van der Waals surface area contributed by atoms with Gasteiger partial charge >= 0.3 is 5.97 Å². The quantitative estimate of drug-likeness (QED) is 0.623. The molecule has 1 aliphatic heterocycles. The Morgan fingerprint density at radius 1 is 1.75 bits per heavy atom. The summed E-state index contributed by atoms with van der Waals surface area (Å²) < 4.78 is 0. The minimum atomic E-state index is -0.860. The number of carbonyl (C=O) groups is 1. The summed E-state index contributed by atoms with van der Waals surface area (Å²) in [5.74, 6) is -0.895. The number of hydrogen-bond donors (Lipinski definition) is 1. The van der Waals surface area contributed by atoms with Crippen LogP contribution in [0.1, 0.15) is 13.8 Å². The van der Waals surface area contributed by atoms with Gasteiger partial charge in [-0.2, -0.15) is 0 Å². The van der Waals surface area contributed by atoms with Crippen molar-refractivity contribution in [1.29, 1.82) is 0 Å². The van der Waals surface area contributed by atoms with Crippen molar-refractivity contribution in [1.82, 2.24) is 5.01 Å². The molecule has 0 aliphatic carbocycles. The van der Waals surface area contributed by atoms with E-state index in [1.54, 1.807) is 6.92 Å². The van der Waals surface area contributed by atoms with E-state index in [0.29, 0.717) is 6.54 Å². The molecule has 1 fully saturated rings. The highest BCUT2D eigenvalue weighted by atomic mass is 16.4. The number of carboxylic acid groups (broad SMARTS) is 1. The molecule has 5 nitrogen and oxygen atoms in total. The van der Waals surface area contributed by atoms with Crippen molar-refractivity contribution in [2.24, 2.45) is 16.6 Å². The van der Waals surface area contributed by atoms with Crippen LogP contribution in [0.5, 0.6) is 0 Å². The molecule has 0 saturated carbocycles. The van der Waals surface area contributed by atoms with Crippen molar-refractivity contribution in [3.63, 3.8) is 0 Å². The van der Waals surface area contributed by atoms with E-state index < -0.39 is 11.4 Å². The standard InChI is InChI=1S/C7H12N2O3/c1-5-3-9(8-12)4-7(5,2)6(10)11/h5H,3-4H2,1-2H3,(H,10,11). The Morgan fingerprint density at radius 3 is 2.58 bits per heavy atom. The maximum Gasteiger partial charge on any atom is 0.311 e. The van der Waals surface area contributed by atoms with Crippen molar-refractivity contribution in [3.05, 3.63) is 4.91 Å². The Kier molecular flexibility index (Phi) is 2.04. The number of nitrogens with zero attached hydrogens (tertiary/aromatic N) is 2. The van der Waals surface area contributed by atoms with E-state index in [4.69, 9.17) is 5.11 Å². The Balaban J connectivity index is 2.80. The van der Waals surface area contributed by atoms with E-state index >= 15 is 0 Å². The second kappa shape index (κ2) is 2.73. The first kappa shape index (κ1) is 8.96. The van der Waals surface area contributed by atoms with Crippen LogP contribution in [0.25, 0.3) is 0 Å². The first-order valence-corrected chi connectivity index (χ1v) is 3.82. The molecule has 68 valence electrons. The first-order valence-electron chi connectivity index (χ1n) is 3.82. The fourth-order valence-corrected chi connectivity index (χ4v) is 1.46. The molecule has 2 unspecified atom stereocenters. The summed E-state index contributed by atoms with van der Waals surface area (Å²) in [7, 11) is 0. The molecule has 0 amide bonds. The number of hydrogen-bond acceptors (Lipinski definition) is 3. The van der Waals surface area contributed by atoms with Crippen molar-refractivity contribution in [2.75, 3.05) is 13.1 Å². The first-order chi connectivity index (χ1) is 5.50. The van der Waals surface area contributed by atoms with E-state index in [1.807, 2.05) is 6.92 Å². The predicted molar refractivity (Wildman–Crippen MR) is 42.3 cm³/mol. The van der Waals surface area contributed by atoms with Crippen molar-refractivity contribution in [2.45, 2.75) is 13.8 Å². The Morgan fingerprint density at radius 2 is 2.33 bits per heavy atom. The van der Waals surface area contributed by atoms with Crippen LogP contribution in [-0.4, -0.2) is 29.2 Å². The van der Waals surface area contributed by atoms with Gasteiger partial charge in [0.15, 0.2) is 0 Å². The normalized spacial score (nSPS) is 35.2. The Hall–Kier alpha value is -1.13. The largest absolute Gasteiger partial charge is 0.481 e. The lowest BCUT2D eigenvalue weighted by Crippen LogP contribution is -2.34. The van der Waals surface area contributed by atoms with Gasteiger partial charge < -0.3 is 5.11 Å². The molecule has 0 bridgehead atoms. The van der Waals surface area contributed by atoms with Gasteiger partial charge in [-0.25, -0.2) is 0 Å². The van der Waals surface area contributed by atoms with Crippen LogP contribution in [0, 0.1) is 16.2 Å². The molecular formula is C7H12N2O3. The van der Waals surface area contributed by atoms with E-state index in [-0.39, 0.29) is 12.5 Å². The monoisotopic (exact) mass is 172 g/mol. The molecule has 0 spiro atoms. The zero-order chi connectivity index (χ0) is 9.35. The van der Waals surface area contributed by atoms with Crippen LogP contribution in [0.15, 0.2) is 5.29 Å². The molecule has 0 aromatic carbocycles. The van der Waals surface area contributed by atoms with Gasteiger partial charge in [0.05, 0.1) is 17.2 Å². The predicted octanol–water partition coefficient (Wildman–Crippen LogP) is 0.710. The van der Waals surface area contributed by atoms with Crippen molar-refractivity contribution < 1.29 is 9.90 Å². The summed E-state index contributed by atoms with van der Waals surface area (Å²) in [6, 6.07) is 0. The van der Waals surface area contributed by atoms with Gasteiger partial charge in [0.1, 0.15) is 0 Å². The van der Waals surface area contributed by atoms with E-state index in [1.165, 1.54) is 5.01 Å². The average molecular weight is 172 g/mol. The average Bonchev–Trinajstić information content (AvgIpc) is 2.29. The molecule has 1 aliphatic rings. The molecule has 0 radical (unpaired) electrons. The van der Waals surface area contributed by atoms with Crippen LogP contribution in [0.4, 0.5) is 0 Å². The van der Waals surface area contributed by atoms with Crippen molar-refractivity contribution in [3.8, 4) is 0 Å². The second-order valence-electron chi connectivity index (χ2n) is 3.55. The molecule has 0 aromatic heterocycles. The lowest BCUT2D eigenvalue weighted by atomic mass is 9.81. The Bertz CT molecular complexity index is 219. The fraction of sp³-hybridized carbons (Fsp3) is 0.857. The molecule has 2 atom stereocenters. The molecule has 1 heterocycles. The highest BCUT2D eigenvalue weighted by Crippen LogP contribution is 2.35. The second-order valence-corrected chi connectivity index (χ2v) is 3.55. The zero-order valence-corrected chi connectivity index (χ0v) is 7.15. The van der Waals surface area contributed by atoms with E-state index in [2.05, 4.69) is 5.29 Å². The minimum Gasteiger partial charge on any atom is -0.481 e. The van der Waals surface area contributed by atoms with Crippen LogP contribution < -0.4 is 0 Å². The topological polar surface area (TPSA) is 70.0 Å². The SMILES string of the molecule is CC1CN(N=O)CC1(C)C(=O)O. The van der Waals surface area contributed by atoms with Gasteiger partial charge in [0.25, 0.3) is 0 Å². The van der Waals surface area contributed by atoms with Crippen LogP contribution in [-0.2, 0) is 4.79 Å². The number of nitroso groups, excluding NO2 is 1. The zero-order valence-electron chi connectivity index (χ0n) is 7.15. The number of aliphatic carboxylic acids is 1. The van der Waals surface area contributed by atoms with Gasteiger partial charge in [0.2, 0.25) is 0 Å². The summed E-state index contributed by atoms with van der Waals surface area (Å²) in [4.78, 5) is 21.0. The van der Waals surface area contributed by atoms with Gasteiger partial charge in [-0.15, -0.1) is 4.91 Å². The molecule has 1 saturated heterocycles. The molecule has 5 heteroatoms. The van der Waals surface area contributed by atoms with Gasteiger partial charge in [0, 0.05) is 6.54 Å². The smallest absolute Gasteiger partial charge is 0.311 e. The summed E-state index contributed by atoms with van der Waals surface area (Å²) in [6.07, 6.45) is 0. The van der Waals surface area contributed by atoms with Gasteiger partial charge in [-0.1, -0.05) is 6.92 Å². The van der Waals surface area contributed by atoms with E-state index in [9.17, 15) is 9.70 Å². The minimum absolute atomic E-state index is 0.0345. The third-order valence-corrected chi connectivity index (χ3v) is 2.69. The summed E-state index contributed by atoms with van der Waals surface area (Å²) in [6.45, 7) is 4.11. The van der Waals surface area contributed by atoms with E-state index in [0.717, 1.165) is 0 Å². The lowest BCUT2D eigenvalue weighted by molar-refractivity contribution is -0.149. The third-order valence-electron chi connectivity index (χ3n) is 2.69. The molecular weight excluding hydrogens is 160 g/mol. The van der Waals surface area contributed by atoms with Crippen LogP contribution >= 0.6 is 0 Å². The highest BCUT2D eigenvalue weighted by Gasteiger charge is 2.46. The summed E-state index contributed by atoms with van der Waals surface area (Å²) >= 11 is 0. The van der Waals surface area contributed by atoms with Crippen molar-refractivity contribution >= 4 is 5.97 Å². The number of rotatable bonds is 2.